The molecule has 0 spiro atoms. The Bertz CT molecular complexity index is 283. The van der Waals surface area contributed by atoms with Gasteiger partial charge >= 0.3 is 6.18 Å². The number of carbonyl (C=O) groups excluding carboxylic acids is 1. The van der Waals surface area contributed by atoms with Crippen LogP contribution < -0.4 is 5.43 Å². The number of nitrogens with zero attached hydrogens (tertiary/aromatic N) is 2. The van der Waals surface area contributed by atoms with Gasteiger partial charge in [-0.05, 0) is 0 Å². The van der Waals surface area contributed by atoms with Crippen LogP contribution in [-0.2, 0) is 4.79 Å². The molecule has 0 saturated carbocycles. The summed E-state index contributed by atoms with van der Waals surface area (Å²) < 4.78 is 36.1. The normalized spacial score (nSPS) is 23.5. The second-order valence-corrected chi connectivity index (χ2v) is 2.21. The summed E-state index contributed by atoms with van der Waals surface area (Å²) in [4.78, 5) is 10.7. The summed E-state index contributed by atoms with van der Waals surface area (Å²) in [6, 6.07) is 0. The van der Waals surface area contributed by atoms with Gasteiger partial charge in [-0.2, -0.15) is 18.3 Å². The van der Waals surface area contributed by atoms with Gasteiger partial charge in [-0.1, -0.05) is 0 Å². The molecule has 13 heavy (non-hydrogen) atoms. The summed E-state index contributed by atoms with van der Waals surface area (Å²) in [5.41, 5.74) is 0.328. The number of alkyl halides is 3. The van der Waals surface area contributed by atoms with Crippen molar-refractivity contribution in [3.05, 3.63) is 0 Å². The Labute approximate surface area is 69.9 Å². The van der Waals surface area contributed by atoms with Gasteiger partial charge in [-0.25, -0.2) is 5.43 Å². The Balaban J connectivity index is 2.92. The number of carbonyl (C=O) groups is 1. The van der Waals surface area contributed by atoms with Gasteiger partial charge in [0, 0.05) is 0 Å². The summed E-state index contributed by atoms with van der Waals surface area (Å²) in [5.74, 6) is -2.63. The number of nitrogens with one attached hydrogen (secondary N) is 1. The molecule has 0 saturated heterocycles. The molecule has 1 aliphatic heterocycles. The maximum atomic E-state index is 12.0. The third-order valence-corrected chi connectivity index (χ3v) is 1.37. The van der Waals surface area contributed by atoms with Crippen LogP contribution in [0.15, 0.2) is 10.3 Å². The van der Waals surface area contributed by atoms with Gasteiger partial charge in [0.1, 0.15) is 5.92 Å². The average Bonchev–Trinajstić information content (AvgIpc) is 2.32. The van der Waals surface area contributed by atoms with E-state index in [1.807, 2.05) is 0 Å². The van der Waals surface area contributed by atoms with Gasteiger partial charge < -0.3 is 5.21 Å². The van der Waals surface area contributed by atoms with Crippen molar-refractivity contribution in [1.82, 2.24) is 5.43 Å². The number of hydrogen-bond acceptors (Lipinski definition) is 4. The minimum atomic E-state index is -4.70. The number of oxime groups is 1. The largest absolute Gasteiger partial charge is 0.432 e. The first-order chi connectivity index (χ1) is 5.96. The van der Waals surface area contributed by atoms with Gasteiger partial charge in [-0.3, -0.25) is 4.79 Å². The van der Waals surface area contributed by atoms with Crippen molar-refractivity contribution in [3.8, 4) is 0 Å². The highest BCUT2D eigenvalue weighted by atomic mass is 19.4. The minimum Gasteiger partial charge on any atom is -0.411 e. The molecule has 0 aromatic heterocycles. The fraction of sp³-hybridized carbons (Fsp3) is 0.400. The molecule has 72 valence electrons. The molecule has 0 fully saturated rings. The van der Waals surface area contributed by atoms with Crippen LogP contribution in [0, 0.1) is 5.92 Å². The lowest BCUT2D eigenvalue weighted by Gasteiger charge is -2.07. The minimum absolute atomic E-state index is 0.467. The number of hydrazone groups is 1. The van der Waals surface area contributed by atoms with E-state index >= 15 is 0 Å². The van der Waals surface area contributed by atoms with E-state index in [-0.39, 0.29) is 0 Å². The molecule has 1 amide bonds. The zero-order chi connectivity index (χ0) is 10.1. The lowest BCUT2D eigenvalue weighted by molar-refractivity contribution is -0.121. The smallest absolute Gasteiger partial charge is 0.411 e. The molecule has 2 N–H and O–H groups in total. The van der Waals surface area contributed by atoms with E-state index in [4.69, 9.17) is 5.21 Å². The fourth-order valence-corrected chi connectivity index (χ4v) is 0.823. The first-order valence-electron chi connectivity index (χ1n) is 3.09. The van der Waals surface area contributed by atoms with E-state index < -0.39 is 23.7 Å². The molecule has 0 aromatic carbocycles. The first kappa shape index (κ1) is 9.49. The van der Waals surface area contributed by atoms with Crippen LogP contribution in [0.4, 0.5) is 13.2 Å². The second kappa shape index (κ2) is 3.04. The number of halogens is 3. The summed E-state index contributed by atoms with van der Waals surface area (Å²) in [6.07, 6.45) is -4.24. The summed E-state index contributed by atoms with van der Waals surface area (Å²) in [5, 5.41) is 13.1. The predicted octanol–water partition coefficient (Wildman–Crippen LogP) is 0.111. The molecule has 0 unspecified atom stereocenters. The lowest BCUT2D eigenvalue weighted by Crippen LogP contribution is -2.33. The average molecular weight is 195 g/mol. The van der Waals surface area contributed by atoms with Crippen molar-refractivity contribution in [2.24, 2.45) is 16.2 Å². The highest BCUT2D eigenvalue weighted by Crippen LogP contribution is 2.24. The van der Waals surface area contributed by atoms with E-state index in [1.165, 1.54) is 0 Å². The zero-order valence-electron chi connectivity index (χ0n) is 6.04. The van der Waals surface area contributed by atoms with Crippen molar-refractivity contribution in [2.75, 3.05) is 0 Å². The number of hydrogen-bond donors (Lipinski definition) is 2. The molecule has 0 bridgehead atoms. The monoisotopic (exact) mass is 195 g/mol. The maximum Gasteiger partial charge on any atom is 0.432 e. The fourth-order valence-electron chi connectivity index (χ4n) is 0.823. The quantitative estimate of drug-likeness (QED) is 0.354. The Morgan fingerprint density at radius 2 is 2.23 bits per heavy atom. The van der Waals surface area contributed by atoms with Crippen LogP contribution in [0.1, 0.15) is 0 Å². The summed E-state index contributed by atoms with van der Waals surface area (Å²) in [6.45, 7) is 0. The Kier molecular flexibility index (Phi) is 2.22. The van der Waals surface area contributed by atoms with Crippen LogP contribution in [0.5, 0.6) is 0 Å². The molecule has 0 aromatic rings. The van der Waals surface area contributed by atoms with Crippen molar-refractivity contribution >= 4 is 17.8 Å². The predicted molar refractivity (Wildman–Crippen MR) is 35.4 cm³/mol. The highest BCUT2D eigenvalue weighted by Gasteiger charge is 2.46. The van der Waals surface area contributed by atoms with E-state index in [1.54, 1.807) is 5.43 Å². The molecule has 1 heterocycles. The summed E-state index contributed by atoms with van der Waals surface area (Å²) in [7, 11) is 0. The van der Waals surface area contributed by atoms with Crippen molar-refractivity contribution in [2.45, 2.75) is 6.18 Å². The Morgan fingerprint density at radius 1 is 1.62 bits per heavy atom. The Hall–Kier alpha value is -1.60. The third kappa shape index (κ3) is 1.76. The third-order valence-electron chi connectivity index (χ3n) is 1.37. The van der Waals surface area contributed by atoms with Gasteiger partial charge in [0.25, 0.3) is 5.91 Å². The Morgan fingerprint density at radius 3 is 2.69 bits per heavy atom. The highest BCUT2D eigenvalue weighted by molar-refractivity contribution is 6.20. The molecule has 1 aliphatic rings. The van der Waals surface area contributed by atoms with E-state index in [0.29, 0.717) is 6.21 Å². The van der Waals surface area contributed by atoms with Crippen LogP contribution in [-0.4, -0.2) is 29.2 Å². The molecular formula is C5H4F3N3O2. The number of rotatable bonds is 1. The molecule has 1 rings (SSSR count). The van der Waals surface area contributed by atoms with Gasteiger partial charge in [-0.15, -0.1) is 5.16 Å². The lowest BCUT2D eigenvalue weighted by atomic mass is 10.1. The van der Waals surface area contributed by atoms with E-state index in [2.05, 4.69) is 10.3 Å². The molecule has 5 nitrogen and oxygen atoms in total. The van der Waals surface area contributed by atoms with Crippen molar-refractivity contribution in [3.63, 3.8) is 0 Å². The van der Waals surface area contributed by atoms with Crippen molar-refractivity contribution in [1.29, 1.82) is 0 Å². The maximum absolute atomic E-state index is 12.0. The van der Waals surface area contributed by atoms with E-state index in [0.717, 1.165) is 0 Å². The molecule has 8 heteroatoms. The standard InChI is InChI=1S/C5H4F3N3O2/c6-5(7,8)3-2(1-9-13)4(12)11-10-3/h1-2,13H,(H,11,12)/b9-1-/t2-/m0/s1. The summed E-state index contributed by atoms with van der Waals surface area (Å²) >= 11 is 0. The molecule has 0 radical (unpaired) electrons. The van der Waals surface area contributed by atoms with Crippen molar-refractivity contribution < 1.29 is 23.2 Å². The SMILES string of the molecule is O=C1NN=C(C(F)(F)F)[C@@H]1/C=N\O. The molecule has 1 atom stereocenters. The van der Waals surface area contributed by atoms with E-state index in [9.17, 15) is 18.0 Å². The van der Waals surface area contributed by atoms with Gasteiger partial charge in [0.05, 0.1) is 6.21 Å². The van der Waals surface area contributed by atoms with Crippen LogP contribution in [0.2, 0.25) is 0 Å². The molecular weight excluding hydrogens is 191 g/mol. The van der Waals surface area contributed by atoms with Crippen LogP contribution >= 0.6 is 0 Å². The topological polar surface area (TPSA) is 74.0 Å². The zero-order valence-corrected chi connectivity index (χ0v) is 6.04. The first-order valence-corrected chi connectivity index (χ1v) is 3.09. The van der Waals surface area contributed by atoms with Crippen LogP contribution in [0.25, 0.3) is 0 Å². The van der Waals surface area contributed by atoms with Gasteiger partial charge in [0.15, 0.2) is 5.71 Å². The van der Waals surface area contributed by atoms with Crippen LogP contribution in [0.3, 0.4) is 0 Å². The molecule has 0 aliphatic carbocycles. The van der Waals surface area contributed by atoms with Gasteiger partial charge in [0.2, 0.25) is 0 Å². The second-order valence-electron chi connectivity index (χ2n) is 2.21. The number of amides is 1.